The molecular weight excluding hydrogens is 226 g/mol. The standard InChI is InChI=1S/C13H19N5/c1-9(2)17-7-3-4-11(17)13-16-15-12-6-5-10(14)8-18(12)13/h5-6,8-9,11H,3-4,7,14H2,1-2H3. The highest BCUT2D eigenvalue weighted by Crippen LogP contribution is 2.32. The van der Waals surface area contributed by atoms with E-state index in [9.17, 15) is 0 Å². The minimum absolute atomic E-state index is 0.363. The minimum atomic E-state index is 0.363. The fourth-order valence-corrected chi connectivity index (χ4v) is 2.84. The predicted octanol–water partition coefficient (Wildman–Crippen LogP) is 1.86. The van der Waals surface area contributed by atoms with Gasteiger partial charge in [-0.1, -0.05) is 0 Å². The molecule has 96 valence electrons. The van der Waals surface area contributed by atoms with Crippen LogP contribution in [0.5, 0.6) is 0 Å². The van der Waals surface area contributed by atoms with Crippen LogP contribution in [-0.4, -0.2) is 32.1 Å². The topological polar surface area (TPSA) is 59.5 Å². The van der Waals surface area contributed by atoms with Gasteiger partial charge in [0.15, 0.2) is 11.5 Å². The van der Waals surface area contributed by atoms with Crippen LogP contribution < -0.4 is 5.73 Å². The van der Waals surface area contributed by atoms with Crippen LogP contribution in [0.2, 0.25) is 0 Å². The first-order chi connectivity index (χ1) is 8.66. The van der Waals surface area contributed by atoms with Crippen molar-refractivity contribution in [3.8, 4) is 0 Å². The van der Waals surface area contributed by atoms with Crippen LogP contribution in [-0.2, 0) is 0 Å². The average molecular weight is 245 g/mol. The maximum atomic E-state index is 5.86. The molecule has 1 aliphatic rings. The lowest BCUT2D eigenvalue weighted by atomic mass is 10.2. The van der Waals surface area contributed by atoms with Gasteiger partial charge in [-0.3, -0.25) is 9.30 Å². The van der Waals surface area contributed by atoms with E-state index in [1.54, 1.807) is 0 Å². The summed E-state index contributed by atoms with van der Waals surface area (Å²) in [4.78, 5) is 2.49. The van der Waals surface area contributed by atoms with E-state index in [2.05, 4.69) is 28.9 Å². The van der Waals surface area contributed by atoms with E-state index in [1.165, 1.54) is 6.42 Å². The van der Waals surface area contributed by atoms with Crippen molar-refractivity contribution in [2.45, 2.75) is 38.8 Å². The molecule has 0 spiro atoms. The van der Waals surface area contributed by atoms with Crippen molar-refractivity contribution < 1.29 is 0 Å². The fourth-order valence-electron chi connectivity index (χ4n) is 2.84. The molecule has 18 heavy (non-hydrogen) atoms. The summed E-state index contributed by atoms with van der Waals surface area (Å²) in [5.41, 5.74) is 7.47. The average Bonchev–Trinajstić information content (AvgIpc) is 2.92. The van der Waals surface area contributed by atoms with E-state index >= 15 is 0 Å². The maximum Gasteiger partial charge on any atom is 0.160 e. The van der Waals surface area contributed by atoms with Gasteiger partial charge in [-0.15, -0.1) is 10.2 Å². The maximum absolute atomic E-state index is 5.86. The highest BCUT2D eigenvalue weighted by molar-refractivity contribution is 5.47. The molecule has 5 heteroatoms. The van der Waals surface area contributed by atoms with Crippen LogP contribution in [0.25, 0.3) is 5.65 Å². The van der Waals surface area contributed by atoms with Crippen LogP contribution in [0.4, 0.5) is 5.69 Å². The summed E-state index contributed by atoms with van der Waals surface area (Å²) in [6.45, 7) is 5.60. The molecule has 2 aromatic rings. The smallest absolute Gasteiger partial charge is 0.160 e. The van der Waals surface area contributed by atoms with Crippen molar-refractivity contribution in [1.82, 2.24) is 19.5 Å². The molecule has 1 unspecified atom stereocenters. The Kier molecular flexibility index (Phi) is 2.70. The number of hydrogen-bond donors (Lipinski definition) is 1. The van der Waals surface area contributed by atoms with Crippen molar-refractivity contribution in [2.24, 2.45) is 0 Å². The van der Waals surface area contributed by atoms with Crippen molar-refractivity contribution in [2.75, 3.05) is 12.3 Å². The number of pyridine rings is 1. The first-order valence-electron chi connectivity index (χ1n) is 6.52. The number of rotatable bonds is 2. The Hall–Kier alpha value is -1.62. The van der Waals surface area contributed by atoms with Crippen molar-refractivity contribution in [1.29, 1.82) is 0 Å². The van der Waals surface area contributed by atoms with Crippen molar-refractivity contribution in [3.05, 3.63) is 24.2 Å². The summed E-state index contributed by atoms with van der Waals surface area (Å²) in [5, 5.41) is 8.60. The number of nitrogen functional groups attached to an aromatic ring is 1. The molecule has 3 rings (SSSR count). The molecule has 0 aliphatic carbocycles. The SMILES string of the molecule is CC(C)N1CCCC1c1nnc2ccc(N)cn12. The molecule has 0 saturated carbocycles. The first-order valence-corrected chi connectivity index (χ1v) is 6.52. The van der Waals surface area contributed by atoms with Crippen LogP contribution in [0.1, 0.15) is 38.6 Å². The van der Waals surface area contributed by atoms with Crippen LogP contribution >= 0.6 is 0 Å². The summed E-state index contributed by atoms with van der Waals surface area (Å²) in [6.07, 6.45) is 4.29. The number of nitrogens with two attached hydrogens (primary N) is 1. The molecule has 0 radical (unpaired) electrons. The van der Waals surface area contributed by atoms with E-state index in [-0.39, 0.29) is 0 Å². The zero-order valence-electron chi connectivity index (χ0n) is 10.9. The van der Waals surface area contributed by atoms with Gasteiger partial charge in [0.2, 0.25) is 0 Å². The lowest BCUT2D eigenvalue weighted by Gasteiger charge is -2.26. The first kappa shape index (κ1) is 11.5. The molecule has 0 bridgehead atoms. The van der Waals surface area contributed by atoms with E-state index in [0.717, 1.165) is 30.1 Å². The van der Waals surface area contributed by atoms with Crippen molar-refractivity contribution >= 4 is 11.3 Å². The summed E-state index contributed by atoms with van der Waals surface area (Å²) in [6, 6.07) is 4.68. The minimum Gasteiger partial charge on any atom is -0.398 e. The third-order valence-corrected chi connectivity index (χ3v) is 3.71. The van der Waals surface area contributed by atoms with Gasteiger partial charge in [-0.05, 0) is 45.4 Å². The Labute approximate surface area is 107 Å². The molecule has 1 aliphatic heterocycles. The number of fused-ring (bicyclic) bond motifs is 1. The summed E-state index contributed by atoms with van der Waals surface area (Å²) < 4.78 is 2.03. The zero-order valence-corrected chi connectivity index (χ0v) is 10.9. The molecule has 2 aromatic heterocycles. The lowest BCUT2D eigenvalue weighted by molar-refractivity contribution is 0.197. The van der Waals surface area contributed by atoms with Gasteiger partial charge in [0.1, 0.15) is 0 Å². The molecule has 5 nitrogen and oxygen atoms in total. The molecule has 0 amide bonds. The number of aromatic nitrogens is 3. The summed E-state index contributed by atoms with van der Waals surface area (Å²) >= 11 is 0. The van der Waals surface area contributed by atoms with Crippen LogP contribution in [0.15, 0.2) is 18.3 Å². The van der Waals surface area contributed by atoms with Gasteiger partial charge in [-0.2, -0.15) is 0 Å². The molecule has 2 N–H and O–H groups in total. The molecular formula is C13H19N5. The lowest BCUT2D eigenvalue weighted by Crippen LogP contribution is -2.31. The molecule has 1 saturated heterocycles. The molecule has 0 aromatic carbocycles. The second kappa shape index (κ2) is 4.24. The molecule has 3 heterocycles. The predicted molar refractivity (Wildman–Crippen MR) is 71.2 cm³/mol. The van der Waals surface area contributed by atoms with Gasteiger partial charge in [-0.25, -0.2) is 0 Å². The quantitative estimate of drug-likeness (QED) is 0.877. The largest absolute Gasteiger partial charge is 0.398 e. The number of nitrogens with zero attached hydrogens (tertiary/aromatic N) is 4. The Bertz CT molecular complexity index is 560. The van der Waals surface area contributed by atoms with E-state index < -0.39 is 0 Å². The van der Waals surface area contributed by atoms with Crippen LogP contribution in [0.3, 0.4) is 0 Å². The van der Waals surface area contributed by atoms with Gasteiger partial charge >= 0.3 is 0 Å². The summed E-state index contributed by atoms with van der Waals surface area (Å²) in [7, 11) is 0. The van der Waals surface area contributed by atoms with Crippen molar-refractivity contribution in [3.63, 3.8) is 0 Å². The Morgan fingerprint density at radius 1 is 1.33 bits per heavy atom. The Balaban J connectivity index is 2.06. The monoisotopic (exact) mass is 245 g/mol. The number of likely N-dealkylation sites (tertiary alicyclic amines) is 1. The molecule has 1 fully saturated rings. The second-order valence-electron chi connectivity index (χ2n) is 5.24. The van der Waals surface area contributed by atoms with E-state index in [4.69, 9.17) is 5.73 Å². The van der Waals surface area contributed by atoms with Crippen LogP contribution in [0, 0.1) is 0 Å². The van der Waals surface area contributed by atoms with Gasteiger partial charge < -0.3 is 5.73 Å². The van der Waals surface area contributed by atoms with E-state index in [1.807, 2.05) is 22.7 Å². The second-order valence-corrected chi connectivity index (χ2v) is 5.24. The third-order valence-electron chi connectivity index (χ3n) is 3.71. The highest BCUT2D eigenvalue weighted by Gasteiger charge is 2.31. The van der Waals surface area contributed by atoms with Gasteiger partial charge in [0, 0.05) is 17.9 Å². The Morgan fingerprint density at radius 3 is 2.94 bits per heavy atom. The third kappa shape index (κ3) is 1.75. The van der Waals surface area contributed by atoms with Gasteiger partial charge in [0.25, 0.3) is 0 Å². The normalized spacial score (nSPS) is 21.2. The summed E-state index contributed by atoms with van der Waals surface area (Å²) in [5.74, 6) is 1.02. The highest BCUT2D eigenvalue weighted by atomic mass is 15.3. The number of hydrogen-bond acceptors (Lipinski definition) is 4. The zero-order chi connectivity index (χ0) is 12.7. The van der Waals surface area contributed by atoms with E-state index in [0.29, 0.717) is 12.1 Å². The van der Waals surface area contributed by atoms with Gasteiger partial charge in [0.05, 0.1) is 6.04 Å². The molecule has 1 atom stereocenters. The number of anilines is 1. The Morgan fingerprint density at radius 2 is 2.17 bits per heavy atom. The fraction of sp³-hybridized carbons (Fsp3) is 0.538.